The van der Waals surface area contributed by atoms with Gasteiger partial charge in [0.2, 0.25) is 5.91 Å². The van der Waals surface area contributed by atoms with Crippen LogP contribution >= 0.6 is 11.3 Å². The van der Waals surface area contributed by atoms with Gasteiger partial charge >= 0.3 is 0 Å². The maximum Gasteiger partial charge on any atom is 0.236 e. The molecule has 1 aliphatic rings. The molecule has 1 amide bonds. The Morgan fingerprint density at radius 1 is 1.18 bits per heavy atom. The first-order valence-corrected chi connectivity index (χ1v) is 12.2. The monoisotopic (exact) mass is 420 g/mol. The van der Waals surface area contributed by atoms with Crippen LogP contribution in [0.5, 0.6) is 0 Å². The lowest BCUT2D eigenvalue weighted by Crippen LogP contribution is -2.44. The SMILES string of the molecule is Cc1ccc(CN(CCc2ccccc2)CC(=O)N(C)C2CCS(=O)(=O)C2)s1. The minimum Gasteiger partial charge on any atom is -0.341 e. The van der Waals surface area contributed by atoms with Crippen molar-refractivity contribution in [1.29, 1.82) is 0 Å². The van der Waals surface area contributed by atoms with Crippen LogP contribution in [0.15, 0.2) is 42.5 Å². The summed E-state index contributed by atoms with van der Waals surface area (Å²) in [6.07, 6.45) is 1.42. The third-order valence-electron chi connectivity index (χ3n) is 5.24. The van der Waals surface area contributed by atoms with E-state index in [1.54, 1.807) is 23.3 Å². The van der Waals surface area contributed by atoms with Gasteiger partial charge in [0.15, 0.2) is 9.84 Å². The van der Waals surface area contributed by atoms with E-state index < -0.39 is 9.84 Å². The van der Waals surface area contributed by atoms with Gasteiger partial charge in [0.05, 0.1) is 18.1 Å². The average Bonchev–Trinajstić information content (AvgIpc) is 3.24. The Balaban J connectivity index is 1.64. The van der Waals surface area contributed by atoms with Crippen molar-refractivity contribution in [2.24, 2.45) is 0 Å². The van der Waals surface area contributed by atoms with Crippen molar-refractivity contribution in [2.45, 2.75) is 32.4 Å². The van der Waals surface area contributed by atoms with Gasteiger partial charge in [0.1, 0.15) is 0 Å². The highest BCUT2D eigenvalue weighted by Crippen LogP contribution is 2.19. The molecule has 0 spiro atoms. The van der Waals surface area contributed by atoms with Crippen molar-refractivity contribution in [3.63, 3.8) is 0 Å². The Labute approximate surface area is 171 Å². The molecule has 1 unspecified atom stereocenters. The third-order valence-corrected chi connectivity index (χ3v) is 7.98. The van der Waals surface area contributed by atoms with E-state index in [9.17, 15) is 13.2 Å². The van der Waals surface area contributed by atoms with Crippen molar-refractivity contribution < 1.29 is 13.2 Å². The van der Waals surface area contributed by atoms with Crippen LogP contribution in [-0.4, -0.2) is 61.8 Å². The Kier molecular flexibility index (Phi) is 6.91. The maximum atomic E-state index is 12.9. The summed E-state index contributed by atoms with van der Waals surface area (Å²) in [6.45, 7) is 3.90. The summed E-state index contributed by atoms with van der Waals surface area (Å²) in [5, 5.41) is 0. The summed E-state index contributed by atoms with van der Waals surface area (Å²) in [4.78, 5) is 19.2. The topological polar surface area (TPSA) is 57.7 Å². The lowest BCUT2D eigenvalue weighted by Gasteiger charge is -2.28. The van der Waals surface area contributed by atoms with E-state index in [4.69, 9.17) is 0 Å². The second-order valence-corrected chi connectivity index (χ2v) is 11.1. The molecule has 1 saturated heterocycles. The van der Waals surface area contributed by atoms with Gasteiger partial charge in [-0.2, -0.15) is 0 Å². The summed E-state index contributed by atoms with van der Waals surface area (Å²) in [7, 11) is -1.27. The summed E-state index contributed by atoms with van der Waals surface area (Å²) >= 11 is 1.75. The number of hydrogen-bond acceptors (Lipinski definition) is 5. The highest BCUT2D eigenvalue weighted by molar-refractivity contribution is 7.91. The van der Waals surface area contributed by atoms with Crippen molar-refractivity contribution in [1.82, 2.24) is 9.80 Å². The molecule has 152 valence electrons. The number of carbonyl (C=O) groups is 1. The van der Waals surface area contributed by atoms with E-state index in [1.807, 2.05) is 18.2 Å². The number of rotatable bonds is 8. The largest absolute Gasteiger partial charge is 0.341 e. The molecule has 5 nitrogen and oxygen atoms in total. The lowest BCUT2D eigenvalue weighted by atomic mass is 10.1. The van der Waals surface area contributed by atoms with E-state index in [0.717, 1.165) is 19.5 Å². The van der Waals surface area contributed by atoms with Crippen LogP contribution < -0.4 is 0 Å². The number of nitrogens with zero attached hydrogens (tertiary/aromatic N) is 2. The van der Waals surface area contributed by atoms with Crippen molar-refractivity contribution in [2.75, 3.05) is 31.6 Å². The highest BCUT2D eigenvalue weighted by Gasteiger charge is 2.33. The number of benzene rings is 1. The van der Waals surface area contributed by atoms with Crippen LogP contribution in [-0.2, 0) is 27.6 Å². The molecule has 0 aliphatic carbocycles. The smallest absolute Gasteiger partial charge is 0.236 e. The van der Waals surface area contributed by atoms with Gasteiger partial charge in [-0.1, -0.05) is 30.3 Å². The third kappa shape index (κ3) is 5.90. The minimum atomic E-state index is -3.00. The van der Waals surface area contributed by atoms with Crippen molar-refractivity contribution in [3.8, 4) is 0 Å². The zero-order valence-electron chi connectivity index (χ0n) is 16.5. The normalized spacial score (nSPS) is 18.5. The Bertz CT molecular complexity index is 893. The Morgan fingerprint density at radius 3 is 2.54 bits per heavy atom. The molecule has 1 fully saturated rings. The number of hydrogen-bond donors (Lipinski definition) is 0. The molecule has 0 radical (unpaired) electrons. The molecule has 2 heterocycles. The molecule has 3 rings (SSSR count). The second-order valence-electron chi connectivity index (χ2n) is 7.52. The number of sulfone groups is 1. The van der Waals surface area contributed by atoms with Crippen LogP contribution in [0.1, 0.15) is 21.7 Å². The quantitative estimate of drug-likeness (QED) is 0.659. The van der Waals surface area contributed by atoms with Crippen molar-refractivity contribution in [3.05, 3.63) is 57.8 Å². The predicted molar refractivity (Wildman–Crippen MR) is 114 cm³/mol. The molecule has 1 aromatic heterocycles. The van der Waals surface area contributed by atoms with Crippen LogP contribution in [0.25, 0.3) is 0 Å². The fourth-order valence-corrected chi connectivity index (χ4v) is 6.23. The van der Waals surface area contributed by atoms with Gasteiger partial charge in [-0.3, -0.25) is 9.69 Å². The van der Waals surface area contributed by atoms with E-state index in [2.05, 4.69) is 36.1 Å². The molecule has 0 bridgehead atoms. The van der Waals surface area contributed by atoms with E-state index in [-0.39, 0.29) is 23.5 Å². The lowest BCUT2D eigenvalue weighted by molar-refractivity contribution is -0.132. The second kappa shape index (κ2) is 9.20. The number of thiophene rings is 1. The van der Waals surface area contributed by atoms with E-state index in [0.29, 0.717) is 13.0 Å². The molecule has 1 aliphatic heterocycles. The number of aryl methyl sites for hydroxylation is 1. The van der Waals surface area contributed by atoms with E-state index >= 15 is 0 Å². The number of likely N-dealkylation sites (N-methyl/N-ethyl adjacent to an activating group) is 1. The van der Waals surface area contributed by atoms with Crippen LogP contribution in [0, 0.1) is 6.92 Å². The minimum absolute atomic E-state index is 0.0107. The molecular formula is C21H28N2O3S2. The summed E-state index contributed by atoms with van der Waals surface area (Å²) in [5.74, 6) is 0.258. The number of amides is 1. The first-order chi connectivity index (χ1) is 13.3. The van der Waals surface area contributed by atoms with Gasteiger partial charge in [-0.05, 0) is 37.5 Å². The van der Waals surface area contributed by atoms with Gasteiger partial charge in [-0.25, -0.2) is 8.42 Å². The predicted octanol–water partition coefficient (Wildman–Crippen LogP) is 2.75. The fourth-order valence-electron chi connectivity index (χ4n) is 3.52. The molecule has 1 atom stereocenters. The van der Waals surface area contributed by atoms with Crippen LogP contribution in [0.2, 0.25) is 0 Å². The standard InChI is InChI=1S/C21H28N2O3S2/c1-17-8-9-20(27-17)14-23(12-10-18-6-4-3-5-7-18)15-21(24)22(2)19-11-13-28(25,26)16-19/h3-9,19H,10-16H2,1-2H3. The first-order valence-electron chi connectivity index (χ1n) is 9.60. The maximum absolute atomic E-state index is 12.9. The molecule has 1 aromatic carbocycles. The van der Waals surface area contributed by atoms with Gasteiger partial charge in [-0.15, -0.1) is 11.3 Å². The Hall–Kier alpha value is -1.70. The van der Waals surface area contributed by atoms with Gasteiger partial charge in [0, 0.05) is 35.9 Å². The first kappa shape index (κ1) is 21.0. The van der Waals surface area contributed by atoms with E-state index in [1.165, 1.54) is 15.3 Å². The van der Waals surface area contributed by atoms with Crippen LogP contribution in [0.3, 0.4) is 0 Å². The zero-order chi connectivity index (χ0) is 20.1. The molecule has 0 saturated carbocycles. The average molecular weight is 421 g/mol. The van der Waals surface area contributed by atoms with Crippen LogP contribution in [0.4, 0.5) is 0 Å². The van der Waals surface area contributed by atoms with Crippen molar-refractivity contribution >= 4 is 27.1 Å². The summed E-state index contributed by atoms with van der Waals surface area (Å²) in [6, 6.07) is 14.3. The molecule has 0 N–H and O–H groups in total. The Morgan fingerprint density at radius 2 is 1.93 bits per heavy atom. The fraction of sp³-hybridized carbons (Fsp3) is 0.476. The van der Waals surface area contributed by atoms with Gasteiger partial charge in [0.25, 0.3) is 0 Å². The summed E-state index contributed by atoms with van der Waals surface area (Å²) < 4.78 is 23.5. The zero-order valence-corrected chi connectivity index (χ0v) is 18.1. The molecule has 28 heavy (non-hydrogen) atoms. The molecular weight excluding hydrogens is 392 g/mol. The number of carbonyl (C=O) groups excluding carboxylic acids is 1. The summed E-state index contributed by atoms with van der Waals surface area (Å²) in [5.41, 5.74) is 1.25. The molecule has 7 heteroatoms. The molecule has 2 aromatic rings. The highest BCUT2D eigenvalue weighted by atomic mass is 32.2. The van der Waals surface area contributed by atoms with Gasteiger partial charge < -0.3 is 4.90 Å².